The number of hydrogen-bond donors (Lipinski definition) is 1. The number of carbonyl (C=O) groups is 1. The van der Waals surface area contributed by atoms with E-state index in [9.17, 15) is 9.59 Å². The highest BCUT2D eigenvalue weighted by molar-refractivity contribution is 6.49. The van der Waals surface area contributed by atoms with Gasteiger partial charge >= 0.3 is 6.01 Å². The van der Waals surface area contributed by atoms with Crippen molar-refractivity contribution >= 4 is 51.9 Å². The van der Waals surface area contributed by atoms with Gasteiger partial charge < -0.3 is 14.0 Å². The van der Waals surface area contributed by atoms with Crippen molar-refractivity contribution in [3.8, 4) is 11.9 Å². The highest BCUT2D eigenvalue weighted by atomic mass is 35.5. The molecule has 38 heavy (non-hydrogen) atoms. The van der Waals surface area contributed by atoms with Crippen LogP contribution in [0.1, 0.15) is 25.5 Å². The monoisotopic (exact) mass is 556 g/mol. The van der Waals surface area contributed by atoms with Crippen molar-refractivity contribution in [3.05, 3.63) is 68.7 Å². The number of aryl methyl sites for hydroxylation is 1. The number of nitrogens with one attached hydrogen (secondary N) is 1. The third-order valence-corrected chi connectivity index (χ3v) is 6.74. The maximum absolute atomic E-state index is 13.7. The van der Waals surface area contributed by atoms with Crippen LogP contribution < -0.4 is 19.9 Å². The standard InChI is InChI=1S/C26H26Cl2N6O4/c1-13(2)21(31-18-11-30-26(38-5)32-23(18)37-4)19-20(29)25(36)34(16-10-17(28)24(35)33(3)12-16)22(19)14-6-8-15(27)9-7-14/h6-13,19,22,29H,1-5H3. The van der Waals surface area contributed by atoms with E-state index in [0.717, 1.165) is 5.56 Å². The van der Waals surface area contributed by atoms with E-state index in [1.807, 2.05) is 13.8 Å². The van der Waals surface area contributed by atoms with Crippen molar-refractivity contribution in [2.24, 2.45) is 23.9 Å². The molecule has 2 atom stereocenters. The Hall–Kier alpha value is -3.76. The topological polar surface area (TPSA) is 123 Å². The van der Waals surface area contributed by atoms with Gasteiger partial charge in [0.05, 0.1) is 38.1 Å². The molecule has 10 nitrogen and oxygen atoms in total. The summed E-state index contributed by atoms with van der Waals surface area (Å²) in [6.07, 6.45) is 2.99. The number of nitrogens with zero attached hydrogens (tertiary/aromatic N) is 5. The van der Waals surface area contributed by atoms with Gasteiger partial charge in [-0.05, 0) is 29.7 Å². The van der Waals surface area contributed by atoms with Crippen molar-refractivity contribution in [2.45, 2.75) is 19.9 Å². The van der Waals surface area contributed by atoms with Gasteiger partial charge in [0.25, 0.3) is 11.5 Å². The molecular weight excluding hydrogens is 531 g/mol. The summed E-state index contributed by atoms with van der Waals surface area (Å²) in [5, 5.41) is 9.42. The number of halogens is 2. The van der Waals surface area contributed by atoms with Crippen LogP contribution in [0.5, 0.6) is 11.9 Å². The molecule has 0 bridgehead atoms. The molecule has 0 aliphatic carbocycles. The number of aliphatic imine (C=N–C) groups is 1. The Morgan fingerprint density at radius 2 is 1.82 bits per heavy atom. The molecule has 1 aliphatic rings. The van der Waals surface area contributed by atoms with Crippen LogP contribution in [0.2, 0.25) is 10.0 Å². The summed E-state index contributed by atoms with van der Waals surface area (Å²) < 4.78 is 11.8. The van der Waals surface area contributed by atoms with Gasteiger partial charge in [0.2, 0.25) is 5.88 Å². The van der Waals surface area contributed by atoms with Crippen molar-refractivity contribution in [1.82, 2.24) is 14.5 Å². The van der Waals surface area contributed by atoms with Gasteiger partial charge in [-0.3, -0.25) is 19.9 Å². The van der Waals surface area contributed by atoms with Gasteiger partial charge in [-0.1, -0.05) is 49.2 Å². The van der Waals surface area contributed by atoms with E-state index in [4.69, 9.17) is 43.1 Å². The Morgan fingerprint density at radius 1 is 1.13 bits per heavy atom. The predicted molar refractivity (Wildman–Crippen MR) is 147 cm³/mol. The fraction of sp³-hybridized carbons (Fsp3) is 0.308. The summed E-state index contributed by atoms with van der Waals surface area (Å²) in [5.74, 6) is -1.28. The molecule has 198 valence electrons. The number of anilines is 1. The third-order valence-electron chi connectivity index (χ3n) is 6.22. The summed E-state index contributed by atoms with van der Waals surface area (Å²) >= 11 is 12.4. The Balaban J connectivity index is 1.95. The summed E-state index contributed by atoms with van der Waals surface area (Å²) in [7, 11) is 4.45. The first-order chi connectivity index (χ1) is 18.1. The molecular formula is C26H26Cl2N6O4. The first kappa shape index (κ1) is 27.3. The van der Waals surface area contributed by atoms with Crippen LogP contribution in [0.15, 0.2) is 52.5 Å². The molecule has 1 amide bonds. The second kappa shape index (κ2) is 10.9. The molecule has 0 radical (unpaired) electrons. The van der Waals surface area contributed by atoms with E-state index in [0.29, 0.717) is 22.1 Å². The first-order valence-corrected chi connectivity index (χ1v) is 12.4. The lowest BCUT2D eigenvalue weighted by Crippen LogP contribution is -2.33. The average molecular weight is 557 g/mol. The minimum atomic E-state index is -0.758. The van der Waals surface area contributed by atoms with Crippen LogP contribution in [-0.2, 0) is 11.8 Å². The summed E-state index contributed by atoms with van der Waals surface area (Å²) in [5.41, 5.74) is 1.43. The minimum absolute atomic E-state index is 0.0412. The number of ether oxygens (including phenoxy) is 2. The molecule has 3 heterocycles. The van der Waals surface area contributed by atoms with Crippen LogP contribution in [0, 0.1) is 17.2 Å². The maximum Gasteiger partial charge on any atom is 0.319 e. The summed E-state index contributed by atoms with van der Waals surface area (Å²) in [6.45, 7) is 3.86. The van der Waals surface area contributed by atoms with Crippen molar-refractivity contribution in [3.63, 3.8) is 0 Å². The molecule has 2 unspecified atom stereocenters. The normalized spacial score (nSPS) is 17.9. The zero-order chi connectivity index (χ0) is 27.7. The van der Waals surface area contributed by atoms with E-state index in [1.165, 1.54) is 42.1 Å². The van der Waals surface area contributed by atoms with Gasteiger partial charge in [-0.25, -0.2) is 9.98 Å². The number of carbonyl (C=O) groups excluding carboxylic acids is 1. The fourth-order valence-corrected chi connectivity index (χ4v) is 4.81. The highest BCUT2D eigenvalue weighted by Gasteiger charge is 2.49. The lowest BCUT2D eigenvalue weighted by molar-refractivity contribution is -0.112. The quantitative estimate of drug-likeness (QED) is 0.422. The van der Waals surface area contributed by atoms with Crippen molar-refractivity contribution < 1.29 is 14.3 Å². The minimum Gasteiger partial charge on any atom is -0.479 e. The molecule has 1 saturated heterocycles. The number of hydrogen-bond acceptors (Lipinski definition) is 8. The van der Waals surface area contributed by atoms with Gasteiger partial charge in [-0.15, -0.1) is 0 Å². The second-order valence-electron chi connectivity index (χ2n) is 8.97. The molecule has 3 aromatic rings. The molecule has 0 saturated carbocycles. The van der Waals surface area contributed by atoms with E-state index < -0.39 is 23.4 Å². The van der Waals surface area contributed by atoms with Crippen LogP contribution >= 0.6 is 23.2 Å². The molecule has 4 rings (SSSR count). The SMILES string of the molecule is COc1ncc(N=C(C(C)C)C2C(=N)C(=O)N(c3cc(Cl)c(=O)n(C)c3)C2c2ccc(Cl)cc2)c(OC)n1. The number of methoxy groups -OCH3 is 2. The van der Waals surface area contributed by atoms with Gasteiger partial charge in [0.1, 0.15) is 16.4 Å². The van der Waals surface area contributed by atoms with Gasteiger partial charge in [-0.2, -0.15) is 4.98 Å². The van der Waals surface area contributed by atoms with E-state index in [-0.39, 0.29) is 28.5 Å². The number of rotatable bonds is 7. The molecule has 1 N–H and O–H groups in total. The molecule has 1 aromatic carbocycles. The Kier molecular flexibility index (Phi) is 7.84. The lowest BCUT2D eigenvalue weighted by atomic mass is 9.83. The summed E-state index contributed by atoms with van der Waals surface area (Å²) in [6, 6.07) is 7.93. The zero-order valence-electron chi connectivity index (χ0n) is 21.4. The average Bonchev–Trinajstić information content (AvgIpc) is 3.15. The van der Waals surface area contributed by atoms with Crippen LogP contribution in [0.25, 0.3) is 0 Å². The second-order valence-corrected chi connectivity index (χ2v) is 9.81. The highest BCUT2D eigenvalue weighted by Crippen LogP contribution is 2.43. The van der Waals surface area contributed by atoms with Crippen LogP contribution in [-0.4, -0.2) is 46.1 Å². The number of pyridine rings is 1. The fourth-order valence-electron chi connectivity index (χ4n) is 4.44. The van der Waals surface area contributed by atoms with Gasteiger partial charge in [0.15, 0.2) is 0 Å². The molecule has 0 spiro atoms. The maximum atomic E-state index is 13.7. The molecule has 1 fully saturated rings. The lowest BCUT2D eigenvalue weighted by Gasteiger charge is -2.30. The molecule has 12 heteroatoms. The zero-order valence-corrected chi connectivity index (χ0v) is 22.9. The van der Waals surface area contributed by atoms with Crippen LogP contribution in [0.4, 0.5) is 11.4 Å². The van der Waals surface area contributed by atoms with E-state index in [2.05, 4.69) is 9.97 Å². The Morgan fingerprint density at radius 3 is 2.39 bits per heavy atom. The van der Waals surface area contributed by atoms with Gasteiger partial charge in [0, 0.05) is 24.0 Å². The third kappa shape index (κ3) is 5.01. The van der Waals surface area contributed by atoms with Crippen molar-refractivity contribution in [2.75, 3.05) is 19.1 Å². The van der Waals surface area contributed by atoms with E-state index in [1.54, 1.807) is 31.3 Å². The molecule has 2 aromatic heterocycles. The molecule has 1 aliphatic heterocycles. The number of amides is 1. The predicted octanol–water partition coefficient (Wildman–Crippen LogP) is 4.65. The largest absolute Gasteiger partial charge is 0.479 e. The summed E-state index contributed by atoms with van der Waals surface area (Å²) in [4.78, 5) is 40.6. The Labute approximate surface area is 229 Å². The Bertz CT molecular complexity index is 1460. The number of aromatic nitrogens is 3. The first-order valence-electron chi connectivity index (χ1n) is 11.6. The van der Waals surface area contributed by atoms with Crippen molar-refractivity contribution in [1.29, 1.82) is 5.41 Å². The smallest absolute Gasteiger partial charge is 0.319 e. The van der Waals surface area contributed by atoms with E-state index >= 15 is 0 Å². The van der Waals surface area contributed by atoms with Crippen LogP contribution in [0.3, 0.4) is 0 Å². The number of benzene rings is 1.